The van der Waals surface area contributed by atoms with Crippen LogP contribution in [-0.2, 0) is 49.8 Å². The van der Waals surface area contributed by atoms with Gasteiger partial charge in [-0.05, 0) is 11.1 Å². The van der Waals surface area contributed by atoms with Gasteiger partial charge in [-0.15, -0.1) is 11.4 Å². The quantitative estimate of drug-likeness (QED) is 0.542. The van der Waals surface area contributed by atoms with Gasteiger partial charge in [0.25, 0.3) is 0 Å². The van der Waals surface area contributed by atoms with Crippen molar-refractivity contribution >= 4 is 28.9 Å². The first kappa shape index (κ1) is 18.1. The topological polar surface area (TPSA) is 32.3 Å². The Labute approximate surface area is 143 Å². The summed E-state index contributed by atoms with van der Waals surface area (Å²) in [5.41, 5.74) is -0.946. The molecule has 20 heavy (non-hydrogen) atoms. The monoisotopic (exact) mass is 407 g/mol. The zero-order valence-electron chi connectivity index (χ0n) is 10.7. The molecule has 106 valence electrons. The van der Waals surface area contributed by atoms with Gasteiger partial charge in [0.05, 0.1) is 6.61 Å². The van der Waals surface area contributed by atoms with Crippen molar-refractivity contribution in [3.8, 4) is 0 Å². The van der Waals surface area contributed by atoms with Crippen LogP contribution in [-0.4, -0.2) is 0 Å². The van der Waals surface area contributed by atoms with Gasteiger partial charge in [0.1, 0.15) is 0 Å². The van der Waals surface area contributed by atoms with E-state index in [2.05, 4.69) is 0 Å². The van der Waals surface area contributed by atoms with Crippen LogP contribution in [0.2, 0.25) is 0 Å². The van der Waals surface area contributed by atoms with Gasteiger partial charge < -0.3 is 9.42 Å². The van der Waals surface area contributed by atoms with Crippen molar-refractivity contribution in [2.24, 2.45) is 0 Å². The Morgan fingerprint density at radius 3 is 2.00 bits per heavy atom. The maximum Gasteiger partial charge on any atom is 0.0764 e. The number of hydrogen-bond acceptors (Lipinski definition) is 4. The molecule has 0 spiro atoms. The minimum atomic E-state index is -3.02. The zero-order valence-corrected chi connectivity index (χ0v) is 15.2. The van der Waals surface area contributed by atoms with E-state index in [1.807, 2.05) is 60.7 Å². The van der Waals surface area contributed by atoms with Crippen LogP contribution in [0.15, 0.2) is 60.7 Å². The molecule has 0 aromatic heterocycles. The van der Waals surface area contributed by atoms with Gasteiger partial charge >= 0.3 is 0 Å². The molecule has 2 rings (SSSR count). The summed E-state index contributed by atoms with van der Waals surface area (Å²) in [5.74, 6) is 0.608. The van der Waals surface area contributed by atoms with E-state index in [0.717, 1.165) is 11.1 Å². The van der Waals surface area contributed by atoms with E-state index in [9.17, 15) is 4.89 Å². The van der Waals surface area contributed by atoms with E-state index in [0.29, 0.717) is 12.4 Å². The van der Waals surface area contributed by atoms with E-state index >= 15 is 0 Å². The van der Waals surface area contributed by atoms with Crippen molar-refractivity contribution in [2.75, 3.05) is 0 Å². The van der Waals surface area contributed by atoms with E-state index in [4.69, 9.17) is 16.3 Å². The average Bonchev–Trinajstić information content (AvgIpc) is 2.46. The Balaban J connectivity index is 0.00000200. The molecule has 0 aliphatic carbocycles. The molecular weight excluding hydrogens is 391 g/mol. The second kappa shape index (κ2) is 9.14. The number of benzene rings is 2. The standard InChI is InChI=1S/C14H15O2PS2.Mo/c15-17(18,16-11-13-7-3-1-4-8-13)19-12-14-9-5-2-6-10-14;/h1-10H,11-12H2,(H,15,18);/p-1. The van der Waals surface area contributed by atoms with Crippen LogP contribution in [0.1, 0.15) is 11.1 Å². The third-order valence-electron chi connectivity index (χ3n) is 2.46. The average molecular weight is 405 g/mol. The van der Waals surface area contributed by atoms with Crippen LogP contribution >= 0.6 is 17.1 Å². The molecule has 0 radical (unpaired) electrons. The molecule has 0 saturated heterocycles. The summed E-state index contributed by atoms with van der Waals surface area (Å²) in [6.45, 7) is 0.295. The maximum atomic E-state index is 12.1. The first-order valence-electron chi connectivity index (χ1n) is 5.84. The SMILES string of the molecule is [Mo].[O-]P(=S)(OCc1ccccc1)SCc1ccccc1. The molecule has 0 aliphatic heterocycles. The van der Waals surface area contributed by atoms with E-state index in [1.165, 1.54) is 11.4 Å². The van der Waals surface area contributed by atoms with Gasteiger partial charge in [0.15, 0.2) is 0 Å². The van der Waals surface area contributed by atoms with Gasteiger partial charge in [-0.3, -0.25) is 0 Å². The van der Waals surface area contributed by atoms with Crippen LogP contribution in [0.5, 0.6) is 0 Å². The van der Waals surface area contributed by atoms with Crippen molar-refractivity contribution < 1.29 is 30.5 Å². The molecule has 2 nitrogen and oxygen atoms in total. The molecule has 0 aliphatic rings. The molecule has 0 amide bonds. The fourth-order valence-electron chi connectivity index (χ4n) is 1.49. The molecule has 2 aromatic rings. The third kappa shape index (κ3) is 6.67. The minimum Gasteiger partial charge on any atom is -0.793 e. The predicted molar refractivity (Wildman–Crippen MR) is 83.3 cm³/mol. The first-order chi connectivity index (χ1) is 9.16. The summed E-state index contributed by atoms with van der Waals surface area (Å²) >= 11 is 6.24. The molecule has 1 atom stereocenters. The molecule has 0 saturated carbocycles. The molecule has 6 heteroatoms. The molecule has 0 N–H and O–H groups in total. The van der Waals surface area contributed by atoms with Crippen molar-refractivity contribution in [3.05, 3.63) is 71.8 Å². The van der Waals surface area contributed by atoms with Crippen molar-refractivity contribution in [1.29, 1.82) is 0 Å². The smallest absolute Gasteiger partial charge is 0.0764 e. The summed E-state index contributed by atoms with van der Waals surface area (Å²) in [6.07, 6.45) is 0. The van der Waals surface area contributed by atoms with Gasteiger partial charge in [0.2, 0.25) is 0 Å². The molecule has 0 bridgehead atoms. The van der Waals surface area contributed by atoms with Crippen LogP contribution in [0, 0.1) is 0 Å². The second-order valence-electron chi connectivity index (χ2n) is 3.97. The Kier molecular flexibility index (Phi) is 8.28. The summed E-state index contributed by atoms with van der Waals surface area (Å²) in [5, 5.41) is 0. The van der Waals surface area contributed by atoms with Crippen molar-refractivity contribution in [2.45, 2.75) is 12.4 Å². The van der Waals surface area contributed by atoms with Gasteiger partial charge in [-0.2, -0.15) is 0 Å². The number of rotatable bonds is 6. The van der Waals surface area contributed by atoms with E-state index < -0.39 is 5.69 Å². The van der Waals surface area contributed by atoms with Gasteiger partial charge in [-0.1, -0.05) is 72.5 Å². The van der Waals surface area contributed by atoms with Crippen molar-refractivity contribution in [1.82, 2.24) is 0 Å². The Morgan fingerprint density at radius 2 is 1.45 bits per heavy atom. The summed E-state index contributed by atoms with van der Waals surface area (Å²) in [4.78, 5) is 12.1. The molecule has 0 fully saturated rings. The molecule has 2 aromatic carbocycles. The summed E-state index contributed by atoms with van der Waals surface area (Å²) in [6, 6.07) is 19.5. The van der Waals surface area contributed by atoms with E-state index in [-0.39, 0.29) is 21.1 Å². The zero-order chi connectivity index (χ0) is 13.6. The fourth-order valence-corrected chi connectivity index (χ4v) is 4.31. The largest absolute Gasteiger partial charge is 0.793 e. The molecule has 0 heterocycles. The van der Waals surface area contributed by atoms with Crippen LogP contribution < -0.4 is 4.89 Å². The Hall–Kier alpha value is 0.0483. The minimum absolute atomic E-state index is 0. The normalized spacial score (nSPS) is 13.2. The summed E-state index contributed by atoms with van der Waals surface area (Å²) in [7, 11) is 0. The number of hydrogen-bond donors (Lipinski definition) is 0. The van der Waals surface area contributed by atoms with Gasteiger partial charge in [-0.25, -0.2) is 0 Å². The first-order valence-corrected chi connectivity index (χ1v) is 10.1. The fraction of sp³-hybridized carbons (Fsp3) is 0.143. The van der Waals surface area contributed by atoms with Crippen LogP contribution in [0.25, 0.3) is 0 Å². The predicted octanol–water partition coefficient (Wildman–Crippen LogP) is 3.72. The second-order valence-corrected chi connectivity index (χ2v) is 10.0. The molecule has 1 unspecified atom stereocenters. The molecular formula is C14H14MoO2PS2-. The van der Waals surface area contributed by atoms with Crippen LogP contribution in [0.4, 0.5) is 0 Å². The van der Waals surface area contributed by atoms with Crippen LogP contribution in [0.3, 0.4) is 0 Å². The van der Waals surface area contributed by atoms with Crippen molar-refractivity contribution in [3.63, 3.8) is 0 Å². The summed E-state index contributed by atoms with van der Waals surface area (Å²) < 4.78 is 5.37. The Bertz CT molecular complexity index is 504. The van der Waals surface area contributed by atoms with Gasteiger partial charge in [0, 0.05) is 32.5 Å². The maximum absolute atomic E-state index is 12.1. The third-order valence-corrected chi connectivity index (χ3v) is 6.61. The van der Waals surface area contributed by atoms with E-state index in [1.54, 1.807) is 0 Å². The Morgan fingerprint density at radius 1 is 0.950 bits per heavy atom.